The van der Waals surface area contributed by atoms with E-state index in [-0.39, 0.29) is 24.0 Å². The van der Waals surface area contributed by atoms with Crippen LogP contribution in [0.15, 0.2) is 29.3 Å². The van der Waals surface area contributed by atoms with Gasteiger partial charge in [0.15, 0.2) is 5.96 Å². The van der Waals surface area contributed by atoms with Crippen LogP contribution in [0.1, 0.15) is 44.6 Å². The molecule has 0 atom stereocenters. The van der Waals surface area contributed by atoms with E-state index >= 15 is 0 Å². The fourth-order valence-electron chi connectivity index (χ4n) is 4.49. The molecule has 1 aliphatic heterocycles. The molecule has 1 saturated heterocycles. The van der Waals surface area contributed by atoms with Crippen LogP contribution in [0.3, 0.4) is 0 Å². The highest BCUT2D eigenvalue weighted by Gasteiger charge is 2.33. The van der Waals surface area contributed by atoms with Crippen molar-refractivity contribution in [2.75, 3.05) is 58.0 Å². The topological polar surface area (TPSA) is 58.1 Å². The lowest BCUT2D eigenvalue weighted by Gasteiger charge is -2.31. The Morgan fingerprint density at radius 2 is 1.90 bits per heavy atom. The largest absolute Gasteiger partial charge is 0.385 e. The average molecular weight is 530 g/mol. The van der Waals surface area contributed by atoms with Crippen LogP contribution in [0.2, 0.25) is 0 Å². The number of ether oxygens (including phenoxy) is 2. The van der Waals surface area contributed by atoms with Crippen LogP contribution in [-0.2, 0) is 16.0 Å². The highest BCUT2D eigenvalue weighted by molar-refractivity contribution is 14.0. The van der Waals surface area contributed by atoms with Gasteiger partial charge in [0.25, 0.3) is 0 Å². The Kier molecular flexibility index (Phi) is 11.2. The Balaban J connectivity index is 0.00000320. The number of hydrogen-bond donors (Lipinski definition) is 2. The maximum absolute atomic E-state index is 5.51. The van der Waals surface area contributed by atoms with Crippen LogP contribution in [0.25, 0.3) is 0 Å². The number of anilines is 1. The summed E-state index contributed by atoms with van der Waals surface area (Å²) in [7, 11) is 1.80. The second-order valence-corrected chi connectivity index (χ2v) is 8.23. The molecule has 0 aromatic heterocycles. The number of para-hydroxylation sites is 1. The maximum Gasteiger partial charge on any atom is 0.191 e. The number of morpholine rings is 1. The molecule has 0 spiro atoms. The first-order valence-corrected chi connectivity index (χ1v) is 11.2. The fourth-order valence-corrected chi connectivity index (χ4v) is 4.49. The van der Waals surface area contributed by atoms with Crippen molar-refractivity contribution in [1.82, 2.24) is 10.6 Å². The van der Waals surface area contributed by atoms with E-state index in [1.165, 1.54) is 36.9 Å². The predicted octanol–water partition coefficient (Wildman–Crippen LogP) is 3.79. The normalized spacial score (nSPS) is 18.7. The standard InChI is InChI=1S/C23H38N4O2.HI/c1-3-24-22(26-19-23(12-15-28-2)10-6-7-11-23)25-18-20-8-4-5-9-21(20)27-13-16-29-17-14-27;/h4-5,8-9H,3,6-7,10-19H2,1-2H3,(H2,24,25,26);1H. The van der Waals surface area contributed by atoms with Gasteiger partial charge in [-0.15, -0.1) is 24.0 Å². The van der Waals surface area contributed by atoms with Gasteiger partial charge in [-0.05, 0) is 43.2 Å². The van der Waals surface area contributed by atoms with Gasteiger partial charge in [-0.3, -0.25) is 0 Å². The maximum atomic E-state index is 5.51. The number of nitrogens with one attached hydrogen (secondary N) is 2. The molecule has 0 amide bonds. The molecule has 2 fully saturated rings. The molecule has 6 nitrogen and oxygen atoms in total. The van der Waals surface area contributed by atoms with Gasteiger partial charge in [-0.1, -0.05) is 31.0 Å². The summed E-state index contributed by atoms with van der Waals surface area (Å²) >= 11 is 0. The van der Waals surface area contributed by atoms with Gasteiger partial charge in [-0.25, -0.2) is 4.99 Å². The van der Waals surface area contributed by atoms with Crippen molar-refractivity contribution in [1.29, 1.82) is 0 Å². The third-order valence-corrected chi connectivity index (χ3v) is 6.23. The SMILES string of the molecule is CCNC(=NCc1ccccc1N1CCOCC1)NCC1(CCOC)CCCC1.I. The van der Waals surface area contributed by atoms with Crippen LogP contribution in [0.5, 0.6) is 0 Å². The van der Waals surface area contributed by atoms with Gasteiger partial charge in [0, 0.05) is 45.6 Å². The van der Waals surface area contributed by atoms with Crippen molar-refractivity contribution in [3.05, 3.63) is 29.8 Å². The zero-order chi connectivity index (χ0) is 20.4. The van der Waals surface area contributed by atoms with Crippen molar-refractivity contribution < 1.29 is 9.47 Å². The monoisotopic (exact) mass is 530 g/mol. The minimum atomic E-state index is 0. The molecule has 0 radical (unpaired) electrons. The van der Waals surface area contributed by atoms with Crippen LogP contribution >= 0.6 is 24.0 Å². The first-order valence-electron chi connectivity index (χ1n) is 11.2. The number of guanidine groups is 1. The summed E-state index contributed by atoms with van der Waals surface area (Å²) in [5.74, 6) is 0.910. The summed E-state index contributed by atoms with van der Waals surface area (Å²) in [4.78, 5) is 7.33. The first kappa shape index (κ1) is 25.2. The number of rotatable bonds is 9. The molecule has 7 heteroatoms. The lowest BCUT2D eigenvalue weighted by atomic mass is 9.83. The van der Waals surface area contributed by atoms with Crippen molar-refractivity contribution in [3.8, 4) is 0 Å². The quantitative estimate of drug-likeness (QED) is 0.289. The van der Waals surface area contributed by atoms with E-state index in [4.69, 9.17) is 14.5 Å². The van der Waals surface area contributed by atoms with Gasteiger partial charge < -0.3 is 25.0 Å². The molecule has 1 saturated carbocycles. The summed E-state index contributed by atoms with van der Waals surface area (Å²) in [5.41, 5.74) is 2.89. The Bertz CT molecular complexity index is 644. The van der Waals surface area contributed by atoms with Crippen molar-refractivity contribution >= 4 is 35.6 Å². The Hall–Kier alpha value is -1.06. The lowest BCUT2D eigenvalue weighted by Crippen LogP contribution is -2.43. The van der Waals surface area contributed by atoms with E-state index in [2.05, 4.69) is 46.7 Å². The highest BCUT2D eigenvalue weighted by atomic mass is 127. The molecule has 1 aromatic rings. The number of halogens is 1. The zero-order valence-corrected chi connectivity index (χ0v) is 21.0. The molecule has 30 heavy (non-hydrogen) atoms. The van der Waals surface area contributed by atoms with Crippen molar-refractivity contribution in [3.63, 3.8) is 0 Å². The van der Waals surface area contributed by atoms with Crippen molar-refractivity contribution in [2.45, 2.75) is 45.6 Å². The minimum Gasteiger partial charge on any atom is -0.385 e. The predicted molar refractivity (Wildman–Crippen MR) is 135 cm³/mol. The van der Waals surface area contributed by atoms with Gasteiger partial charge >= 0.3 is 0 Å². The molecule has 1 aromatic carbocycles. The Labute approximate surface area is 199 Å². The molecule has 1 heterocycles. The number of benzene rings is 1. The third kappa shape index (κ3) is 7.27. The fraction of sp³-hybridized carbons (Fsp3) is 0.696. The summed E-state index contributed by atoms with van der Waals surface area (Å²) < 4.78 is 10.9. The molecular weight excluding hydrogens is 491 g/mol. The molecule has 3 rings (SSSR count). The van der Waals surface area contributed by atoms with Gasteiger partial charge in [0.05, 0.1) is 19.8 Å². The highest BCUT2D eigenvalue weighted by Crippen LogP contribution is 2.40. The first-order chi connectivity index (χ1) is 14.3. The van der Waals surface area contributed by atoms with Gasteiger partial charge in [0.1, 0.15) is 0 Å². The summed E-state index contributed by atoms with van der Waals surface area (Å²) in [5, 5.41) is 7.05. The van der Waals surface area contributed by atoms with Gasteiger partial charge in [0.2, 0.25) is 0 Å². The molecular formula is C23H39IN4O2. The zero-order valence-electron chi connectivity index (χ0n) is 18.6. The minimum absolute atomic E-state index is 0. The number of methoxy groups -OCH3 is 1. The Morgan fingerprint density at radius 1 is 1.17 bits per heavy atom. The molecule has 2 N–H and O–H groups in total. The molecule has 1 aliphatic carbocycles. The lowest BCUT2D eigenvalue weighted by molar-refractivity contribution is 0.122. The average Bonchev–Trinajstić information content (AvgIpc) is 3.24. The molecule has 0 unspecified atom stereocenters. The van der Waals surface area contributed by atoms with E-state index in [1.807, 2.05) is 0 Å². The number of aliphatic imine (C=N–C) groups is 1. The van der Waals surface area contributed by atoms with E-state index in [0.29, 0.717) is 12.0 Å². The van der Waals surface area contributed by atoms with Crippen LogP contribution < -0.4 is 15.5 Å². The summed E-state index contributed by atoms with van der Waals surface area (Å²) in [6, 6.07) is 8.61. The van der Waals surface area contributed by atoms with E-state index in [1.54, 1.807) is 7.11 Å². The second-order valence-electron chi connectivity index (χ2n) is 8.23. The van der Waals surface area contributed by atoms with E-state index in [9.17, 15) is 0 Å². The molecule has 170 valence electrons. The van der Waals surface area contributed by atoms with E-state index < -0.39 is 0 Å². The van der Waals surface area contributed by atoms with Crippen LogP contribution in [0, 0.1) is 5.41 Å². The summed E-state index contributed by atoms with van der Waals surface area (Å²) in [6.07, 6.45) is 6.33. The number of nitrogens with zero attached hydrogens (tertiary/aromatic N) is 2. The second kappa shape index (κ2) is 13.4. The molecule has 0 bridgehead atoms. The smallest absolute Gasteiger partial charge is 0.191 e. The summed E-state index contributed by atoms with van der Waals surface area (Å²) in [6.45, 7) is 8.94. The van der Waals surface area contributed by atoms with Crippen molar-refractivity contribution in [2.24, 2.45) is 10.4 Å². The van der Waals surface area contributed by atoms with E-state index in [0.717, 1.165) is 58.4 Å². The number of hydrogen-bond acceptors (Lipinski definition) is 4. The van der Waals surface area contributed by atoms with Crippen LogP contribution in [-0.4, -0.2) is 59.1 Å². The molecule has 2 aliphatic rings. The Morgan fingerprint density at radius 3 is 2.60 bits per heavy atom. The van der Waals surface area contributed by atoms with Crippen LogP contribution in [0.4, 0.5) is 5.69 Å². The third-order valence-electron chi connectivity index (χ3n) is 6.23. The van der Waals surface area contributed by atoms with Gasteiger partial charge in [-0.2, -0.15) is 0 Å².